The summed E-state index contributed by atoms with van der Waals surface area (Å²) >= 11 is 0. The van der Waals surface area contributed by atoms with Gasteiger partial charge in [0.15, 0.2) is 0 Å². The smallest absolute Gasteiger partial charge is 0.123 e. The molecule has 0 saturated heterocycles. The average molecular weight is 360 g/mol. The fourth-order valence-corrected chi connectivity index (χ4v) is 2.39. The molecule has 6 heteroatoms. The van der Waals surface area contributed by atoms with E-state index in [2.05, 4.69) is 0 Å². The van der Waals surface area contributed by atoms with Crippen LogP contribution in [-0.4, -0.2) is 52.9 Å². The SMILES string of the molecule is c1cc2cc(c1)OCCOCCOc1cccc(c1)OCCOCCO2. The first-order valence-corrected chi connectivity index (χ1v) is 8.77. The van der Waals surface area contributed by atoms with Crippen molar-refractivity contribution in [3.05, 3.63) is 48.5 Å². The third kappa shape index (κ3) is 6.46. The van der Waals surface area contributed by atoms with Crippen LogP contribution in [0.4, 0.5) is 0 Å². The minimum atomic E-state index is 0.468. The molecule has 0 aromatic heterocycles. The second kappa shape index (κ2) is 10.5. The Morgan fingerprint density at radius 2 is 0.731 bits per heavy atom. The molecule has 1 aliphatic heterocycles. The number of hydrogen-bond donors (Lipinski definition) is 0. The minimum Gasteiger partial charge on any atom is -0.491 e. The summed E-state index contributed by atoms with van der Waals surface area (Å²) in [5.74, 6) is 3.01. The molecule has 2 aromatic carbocycles. The first-order valence-electron chi connectivity index (χ1n) is 8.77. The van der Waals surface area contributed by atoms with Crippen LogP contribution in [-0.2, 0) is 9.47 Å². The van der Waals surface area contributed by atoms with Crippen LogP contribution in [0.3, 0.4) is 0 Å². The molecule has 0 fully saturated rings. The van der Waals surface area contributed by atoms with Crippen molar-refractivity contribution in [3.8, 4) is 23.0 Å². The second-order valence-corrected chi connectivity index (χ2v) is 5.57. The molecular formula is C20H24O6. The molecular weight excluding hydrogens is 336 g/mol. The third-order valence-electron chi connectivity index (χ3n) is 3.60. The Kier molecular flexibility index (Phi) is 7.43. The maximum absolute atomic E-state index is 5.67. The van der Waals surface area contributed by atoms with Gasteiger partial charge in [-0.25, -0.2) is 0 Å². The molecule has 2 aromatic rings. The number of fused-ring (bicyclic) bond motifs is 4. The van der Waals surface area contributed by atoms with Crippen molar-refractivity contribution in [1.82, 2.24) is 0 Å². The van der Waals surface area contributed by atoms with Crippen molar-refractivity contribution in [2.45, 2.75) is 0 Å². The standard InChI is InChI=1S/C20H24O6/c1-3-17-15-18(4-1)24-12-8-22-10-14-26-20-6-2-5-19(16-20)25-13-9-21-7-11-23-17/h1-6,15-16H,7-14H2. The van der Waals surface area contributed by atoms with E-state index in [-0.39, 0.29) is 0 Å². The van der Waals surface area contributed by atoms with Crippen LogP contribution >= 0.6 is 0 Å². The summed E-state index contributed by atoms with van der Waals surface area (Å²) in [5.41, 5.74) is 0. The quantitative estimate of drug-likeness (QED) is 0.720. The van der Waals surface area contributed by atoms with Crippen LogP contribution in [0.5, 0.6) is 23.0 Å². The van der Waals surface area contributed by atoms with Crippen LogP contribution in [0.25, 0.3) is 0 Å². The van der Waals surface area contributed by atoms with Crippen LogP contribution in [0.2, 0.25) is 0 Å². The Bertz CT molecular complexity index is 556. The van der Waals surface area contributed by atoms with E-state index < -0.39 is 0 Å². The lowest BCUT2D eigenvalue weighted by Crippen LogP contribution is -2.13. The lowest BCUT2D eigenvalue weighted by molar-refractivity contribution is 0.0730. The van der Waals surface area contributed by atoms with Crippen LogP contribution in [0.15, 0.2) is 48.5 Å². The van der Waals surface area contributed by atoms with E-state index in [1.165, 1.54) is 0 Å². The van der Waals surface area contributed by atoms with E-state index in [1.54, 1.807) is 0 Å². The molecule has 0 spiro atoms. The zero-order chi connectivity index (χ0) is 17.9. The van der Waals surface area contributed by atoms with Gasteiger partial charge >= 0.3 is 0 Å². The van der Waals surface area contributed by atoms with E-state index in [1.807, 2.05) is 48.5 Å². The molecule has 0 saturated carbocycles. The van der Waals surface area contributed by atoms with E-state index in [0.717, 1.165) is 23.0 Å². The summed E-state index contributed by atoms with van der Waals surface area (Å²) in [6.07, 6.45) is 0. The predicted octanol–water partition coefficient (Wildman–Crippen LogP) is 2.95. The molecule has 1 aliphatic rings. The molecule has 0 unspecified atom stereocenters. The second-order valence-electron chi connectivity index (χ2n) is 5.57. The van der Waals surface area contributed by atoms with Gasteiger partial charge in [0.1, 0.15) is 49.4 Å². The number of rotatable bonds is 0. The fraction of sp³-hybridized carbons (Fsp3) is 0.400. The topological polar surface area (TPSA) is 55.4 Å². The Morgan fingerprint density at radius 1 is 0.423 bits per heavy atom. The van der Waals surface area contributed by atoms with Crippen molar-refractivity contribution in [2.24, 2.45) is 0 Å². The van der Waals surface area contributed by atoms with Crippen molar-refractivity contribution < 1.29 is 28.4 Å². The van der Waals surface area contributed by atoms with Gasteiger partial charge < -0.3 is 28.4 Å². The van der Waals surface area contributed by atoms with Crippen molar-refractivity contribution >= 4 is 0 Å². The predicted molar refractivity (Wildman–Crippen MR) is 96.5 cm³/mol. The van der Waals surface area contributed by atoms with Gasteiger partial charge in [-0.2, -0.15) is 0 Å². The van der Waals surface area contributed by atoms with E-state index in [0.29, 0.717) is 52.9 Å². The van der Waals surface area contributed by atoms with Crippen LogP contribution in [0, 0.1) is 0 Å². The van der Waals surface area contributed by atoms with Crippen molar-refractivity contribution in [1.29, 1.82) is 0 Å². The van der Waals surface area contributed by atoms with Gasteiger partial charge in [-0.15, -0.1) is 0 Å². The van der Waals surface area contributed by atoms with Gasteiger partial charge in [0.05, 0.1) is 26.4 Å². The van der Waals surface area contributed by atoms with Crippen LogP contribution in [0.1, 0.15) is 0 Å². The summed E-state index contributed by atoms with van der Waals surface area (Å²) in [7, 11) is 0. The highest BCUT2D eigenvalue weighted by Gasteiger charge is 2.01. The Hall–Kier alpha value is -2.44. The molecule has 0 aliphatic carbocycles. The number of benzene rings is 2. The summed E-state index contributed by atoms with van der Waals surface area (Å²) in [6.45, 7) is 3.84. The first kappa shape index (κ1) is 18.4. The highest BCUT2D eigenvalue weighted by atomic mass is 16.6. The molecule has 140 valence electrons. The average Bonchev–Trinajstić information content (AvgIpc) is 2.66. The summed E-state index contributed by atoms with van der Waals surface area (Å²) in [4.78, 5) is 0. The van der Waals surface area contributed by atoms with E-state index in [9.17, 15) is 0 Å². The lowest BCUT2D eigenvalue weighted by Gasteiger charge is -2.12. The largest absolute Gasteiger partial charge is 0.491 e. The summed E-state index contributed by atoms with van der Waals surface area (Å²) in [5, 5.41) is 0. The number of ether oxygens (including phenoxy) is 6. The highest BCUT2D eigenvalue weighted by molar-refractivity contribution is 5.33. The van der Waals surface area contributed by atoms with Crippen molar-refractivity contribution in [2.75, 3.05) is 52.9 Å². The number of hydrogen-bond acceptors (Lipinski definition) is 6. The van der Waals surface area contributed by atoms with Crippen molar-refractivity contribution in [3.63, 3.8) is 0 Å². The minimum absolute atomic E-state index is 0.468. The molecule has 3 rings (SSSR count). The maximum Gasteiger partial charge on any atom is 0.123 e. The molecule has 0 amide bonds. The van der Waals surface area contributed by atoms with Gasteiger partial charge in [0.2, 0.25) is 0 Å². The Balaban J connectivity index is 1.53. The monoisotopic (exact) mass is 360 g/mol. The van der Waals surface area contributed by atoms with Gasteiger partial charge in [-0.05, 0) is 24.3 Å². The Morgan fingerprint density at radius 3 is 1.04 bits per heavy atom. The zero-order valence-corrected chi connectivity index (χ0v) is 14.7. The summed E-state index contributed by atoms with van der Waals surface area (Å²) < 4.78 is 33.7. The maximum atomic E-state index is 5.67. The molecule has 0 N–H and O–H groups in total. The van der Waals surface area contributed by atoms with Gasteiger partial charge in [-0.1, -0.05) is 12.1 Å². The Labute approximate surface area is 153 Å². The van der Waals surface area contributed by atoms with Gasteiger partial charge in [0.25, 0.3) is 0 Å². The molecule has 0 radical (unpaired) electrons. The van der Waals surface area contributed by atoms with E-state index >= 15 is 0 Å². The highest BCUT2D eigenvalue weighted by Crippen LogP contribution is 2.20. The molecule has 1 heterocycles. The summed E-state index contributed by atoms with van der Waals surface area (Å²) in [6, 6.07) is 15.1. The van der Waals surface area contributed by atoms with Gasteiger partial charge in [-0.3, -0.25) is 0 Å². The molecule has 0 atom stereocenters. The van der Waals surface area contributed by atoms with E-state index in [4.69, 9.17) is 28.4 Å². The fourth-order valence-electron chi connectivity index (χ4n) is 2.39. The molecule has 26 heavy (non-hydrogen) atoms. The zero-order valence-electron chi connectivity index (χ0n) is 14.7. The molecule has 4 bridgehead atoms. The first-order chi connectivity index (χ1) is 12.9. The third-order valence-corrected chi connectivity index (χ3v) is 3.60. The van der Waals surface area contributed by atoms with Crippen LogP contribution < -0.4 is 18.9 Å². The van der Waals surface area contributed by atoms with Gasteiger partial charge in [0, 0.05) is 12.1 Å². The normalized spacial score (nSPS) is 16.9. The lowest BCUT2D eigenvalue weighted by atomic mass is 10.3. The molecule has 6 nitrogen and oxygen atoms in total.